The Balaban J connectivity index is 1.75. The molecule has 0 spiro atoms. The molecule has 1 aromatic heterocycles. The van der Waals surface area contributed by atoms with Crippen molar-refractivity contribution < 1.29 is 24.5 Å². The third kappa shape index (κ3) is 6.99. The van der Waals surface area contributed by atoms with Crippen LogP contribution in [0.2, 0.25) is 0 Å². The molecule has 2 aromatic rings. The van der Waals surface area contributed by atoms with Gasteiger partial charge in [0.1, 0.15) is 33.3 Å². The lowest BCUT2D eigenvalue weighted by atomic mass is 9.66. The number of nitrogens with one attached hydrogen (secondary N) is 2. The molecule has 216 valence electrons. The van der Waals surface area contributed by atoms with Crippen molar-refractivity contribution in [2.24, 2.45) is 11.3 Å². The lowest BCUT2D eigenvalue weighted by Crippen LogP contribution is -2.40. The highest BCUT2D eigenvalue weighted by Gasteiger charge is 2.42. The van der Waals surface area contributed by atoms with Gasteiger partial charge in [0.2, 0.25) is 5.90 Å². The molecule has 9 nitrogen and oxygen atoms in total. The predicted octanol–water partition coefficient (Wildman–Crippen LogP) is 3.89. The van der Waals surface area contributed by atoms with E-state index in [4.69, 9.17) is 30.8 Å². The Labute approximate surface area is 249 Å². The maximum absolute atomic E-state index is 13.6. The van der Waals surface area contributed by atoms with Crippen molar-refractivity contribution in [2.75, 3.05) is 17.3 Å². The van der Waals surface area contributed by atoms with Crippen LogP contribution in [0.3, 0.4) is 0 Å². The number of nitrogens with zero attached hydrogens (tertiary/aromatic N) is 2. The van der Waals surface area contributed by atoms with Gasteiger partial charge in [0.05, 0.1) is 17.3 Å². The summed E-state index contributed by atoms with van der Waals surface area (Å²) < 4.78 is 6.07. The number of benzene rings is 1. The number of carboxylic acids is 1. The molecule has 1 amide bonds. The zero-order chi connectivity index (χ0) is 31.0. The fourth-order valence-corrected chi connectivity index (χ4v) is 5.59. The molecule has 42 heavy (non-hydrogen) atoms. The van der Waals surface area contributed by atoms with Crippen LogP contribution in [0.4, 0.5) is 17.2 Å². The van der Waals surface area contributed by atoms with Gasteiger partial charge < -0.3 is 20.3 Å². The van der Waals surface area contributed by atoms with Crippen molar-refractivity contribution in [1.82, 2.24) is 4.98 Å². The Hall–Kier alpha value is -3.77. The number of aromatic nitrogens is 1. The molecular formula is C31H36B2N4O5. The number of hydrogen-bond donors (Lipinski definition) is 4. The third-order valence-electron chi connectivity index (χ3n) is 8.12. The van der Waals surface area contributed by atoms with Gasteiger partial charge in [0.15, 0.2) is 0 Å². The highest BCUT2D eigenvalue weighted by molar-refractivity contribution is 6.41. The quantitative estimate of drug-likeness (QED) is 0.173. The van der Waals surface area contributed by atoms with E-state index < -0.39 is 28.6 Å². The highest BCUT2D eigenvalue weighted by Crippen LogP contribution is 2.47. The Kier molecular flexibility index (Phi) is 8.79. The molecular weight excluding hydrogens is 530 g/mol. The first-order valence-electron chi connectivity index (χ1n) is 14.1. The van der Waals surface area contributed by atoms with Crippen molar-refractivity contribution in [3.05, 3.63) is 46.6 Å². The summed E-state index contributed by atoms with van der Waals surface area (Å²) in [4.78, 5) is 31.4. The fraction of sp³-hybridized carbons (Fsp3) is 0.484. The standard InChI is InChI=1S/C31H36B2N4O5/c1-17-14-21(19-6-7-19)24(15-18(17)2)37(26(38)12-13-31(32,33)41)25-11-10-23(35-5)27(36-25)28(34)42-20-8-9-22(29(39)40)30(3,4)16-20/h10-11,14-15,19-20,22,34-35,41H,6-9,16H2,1-5H3,(H,39,40). The van der Waals surface area contributed by atoms with Crippen molar-refractivity contribution in [3.8, 4) is 11.8 Å². The number of anilines is 3. The number of pyridine rings is 1. The molecule has 2 fully saturated rings. The zero-order valence-electron chi connectivity index (χ0n) is 24.7. The largest absolute Gasteiger partial charge is 0.481 e. The molecule has 0 aliphatic heterocycles. The molecule has 2 aliphatic rings. The van der Waals surface area contributed by atoms with Crippen LogP contribution in [0, 0.1) is 42.4 Å². The van der Waals surface area contributed by atoms with Gasteiger partial charge in [-0.2, -0.15) is 0 Å². The number of hydrogen-bond acceptors (Lipinski definition) is 7. The average molecular weight is 566 g/mol. The Morgan fingerprint density at radius 1 is 1.17 bits per heavy atom. The molecule has 1 aromatic carbocycles. The van der Waals surface area contributed by atoms with Gasteiger partial charge in [-0.3, -0.25) is 19.9 Å². The summed E-state index contributed by atoms with van der Waals surface area (Å²) in [6.07, 6.45) is 3.02. The van der Waals surface area contributed by atoms with E-state index in [0.717, 1.165) is 29.5 Å². The van der Waals surface area contributed by atoms with Crippen LogP contribution in [0.5, 0.6) is 0 Å². The number of aliphatic carboxylic acids is 1. The number of carbonyl (C=O) groups is 2. The highest BCUT2D eigenvalue weighted by atomic mass is 16.5. The summed E-state index contributed by atoms with van der Waals surface area (Å²) in [5.41, 5.74) is 3.84. The summed E-state index contributed by atoms with van der Waals surface area (Å²) in [7, 11) is 12.5. The second kappa shape index (κ2) is 11.8. The molecule has 11 heteroatoms. The fourth-order valence-electron chi connectivity index (χ4n) is 5.59. The number of aryl methyl sites for hydroxylation is 2. The van der Waals surface area contributed by atoms with Gasteiger partial charge >= 0.3 is 11.9 Å². The minimum absolute atomic E-state index is 0.185. The minimum Gasteiger partial charge on any atom is -0.481 e. The number of aliphatic hydroxyl groups is 1. The second-order valence-corrected chi connectivity index (χ2v) is 12.0. The molecule has 2 unspecified atom stereocenters. The first-order valence-corrected chi connectivity index (χ1v) is 14.1. The van der Waals surface area contributed by atoms with Crippen LogP contribution in [0.25, 0.3) is 0 Å². The predicted molar refractivity (Wildman–Crippen MR) is 164 cm³/mol. The number of carboxylic acid groups (broad SMARTS) is 1. The molecule has 2 saturated carbocycles. The Morgan fingerprint density at radius 2 is 1.83 bits per heavy atom. The van der Waals surface area contributed by atoms with Gasteiger partial charge in [-0.25, -0.2) is 4.98 Å². The third-order valence-corrected chi connectivity index (χ3v) is 8.12. The van der Waals surface area contributed by atoms with E-state index >= 15 is 0 Å². The zero-order valence-corrected chi connectivity index (χ0v) is 24.7. The first kappa shape index (κ1) is 31.2. The molecule has 0 bridgehead atoms. The second-order valence-electron chi connectivity index (χ2n) is 12.0. The van der Waals surface area contributed by atoms with Gasteiger partial charge in [-0.15, -0.1) is 0 Å². The van der Waals surface area contributed by atoms with Crippen LogP contribution < -0.4 is 10.2 Å². The topological polar surface area (TPSA) is 136 Å². The van der Waals surface area contributed by atoms with Gasteiger partial charge in [0.25, 0.3) is 0 Å². The lowest BCUT2D eigenvalue weighted by molar-refractivity contribution is -0.149. The van der Waals surface area contributed by atoms with Crippen LogP contribution in [-0.4, -0.2) is 67.2 Å². The molecule has 2 atom stereocenters. The summed E-state index contributed by atoms with van der Waals surface area (Å²) in [6, 6.07) is 7.33. The van der Waals surface area contributed by atoms with Crippen LogP contribution in [-0.2, 0) is 14.3 Å². The molecule has 4 N–H and O–H groups in total. The maximum atomic E-state index is 13.6. The molecule has 4 rings (SSSR count). The first-order chi connectivity index (χ1) is 19.6. The smallest absolute Gasteiger partial charge is 0.308 e. The monoisotopic (exact) mass is 566 g/mol. The van der Waals surface area contributed by atoms with E-state index in [0.29, 0.717) is 30.6 Å². The lowest BCUT2D eigenvalue weighted by Gasteiger charge is -2.40. The summed E-state index contributed by atoms with van der Waals surface area (Å²) >= 11 is 0. The molecule has 1 heterocycles. The van der Waals surface area contributed by atoms with E-state index in [1.807, 2.05) is 33.8 Å². The maximum Gasteiger partial charge on any atom is 0.308 e. The summed E-state index contributed by atoms with van der Waals surface area (Å²) in [5, 5.41) is 28.9. The molecule has 2 aliphatic carbocycles. The van der Waals surface area contributed by atoms with E-state index in [9.17, 15) is 19.8 Å². The molecule has 0 saturated heterocycles. The Morgan fingerprint density at radius 3 is 2.40 bits per heavy atom. The van der Waals surface area contributed by atoms with Gasteiger partial charge in [-0.05, 0) is 98.1 Å². The minimum atomic E-state index is -2.36. The number of amides is 1. The van der Waals surface area contributed by atoms with Crippen LogP contribution >= 0.6 is 0 Å². The Bertz CT molecular complexity index is 1470. The van der Waals surface area contributed by atoms with Gasteiger partial charge in [-0.1, -0.05) is 25.8 Å². The van der Waals surface area contributed by atoms with Gasteiger partial charge in [0, 0.05) is 12.4 Å². The van der Waals surface area contributed by atoms with E-state index in [-0.39, 0.29) is 29.4 Å². The van der Waals surface area contributed by atoms with E-state index in [2.05, 4.69) is 23.2 Å². The average Bonchev–Trinajstić information content (AvgIpc) is 3.73. The SMILES string of the molecule is [B]C([B])(O)C#CC(=O)N(c1ccc(NC)c(C(=N)OC2CCC(C(=O)O)C(C)(C)C2)n1)c1cc(C)c(C)cc1C1CC1. The normalized spacial score (nSPS) is 19.7. The van der Waals surface area contributed by atoms with E-state index in [1.165, 1.54) is 4.90 Å². The summed E-state index contributed by atoms with van der Waals surface area (Å²) in [5.74, 6) is 2.81. The van der Waals surface area contributed by atoms with Crippen molar-refractivity contribution >= 4 is 50.7 Å². The van der Waals surface area contributed by atoms with Crippen molar-refractivity contribution in [3.63, 3.8) is 0 Å². The van der Waals surface area contributed by atoms with Crippen molar-refractivity contribution in [1.29, 1.82) is 5.41 Å². The van der Waals surface area contributed by atoms with Crippen LogP contribution in [0.1, 0.15) is 74.3 Å². The number of ether oxygens (including phenoxy) is 1. The number of carbonyl (C=O) groups excluding carboxylic acids is 1. The molecule has 4 radical (unpaired) electrons. The number of rotatable bonds is 7. The summed E-state index contributed by atoms with van der Waals surface area (Å²) in [6.45, 7) is 7.77. The van der Waals surface area contributed by atoms with E-state index in [1.54, 1.807) is 19.2 Å². The van der Waals surface area contributed by atoms with Crippen molar-refractivity contribution in [2.45, 2.75) is 77.2 Å². The van der Waals surface area contributed by atoms with Crippen LogP contribution in [0.15, 0.2) is 24.3 Å².